The molecule has 0 heterocycles. The van der Waals surface area contributed by atoms with E-state index >= 15 is 0 Å². The number of phenolic OH excluding ortho intramolecular Hbond substituents is 2. The Morgan fingerprint density at radius 2 is 1.59 bits per heavy atom. The van der Waals surface area contributed by atoms with E-state index < -0.39 is 11.6 Å². The molecule has 0 unspecified atom stereocenters. The van der Waals surface area contributed by atoms with Crippen LogP contribution in [0.25, 0.3) is 0 Å². The number of carbonyl (C=O) groups is 2. The Labute approximate surface area is 125 Å². The zero-order chi connectivity index (χ0) is 16.0. The third-order valence-electron chi connectivity index (χ3n) is 3.63. The van der Waals surface area contributed by atoms with E-state index in [0.29, 0.717) is 0 Å². The van der Waals surface area contributed by atoms with Crippen molar-refractivity contribution in [3.8, 4) is 23.0 Å². The molecule has 0 aliphatic heterocycles. The monoisotopic (exact) mass is 300 g/mol. The fraction of sp³-hybridized carbons (Fsp3) is 0.125. The Balaban J connectivity index is 2.40. The number of fused-ring (bicyclic) bond motifs is 2. The van der Waals surface area contributed by atoms with Crippen LogP contribution >= 0.6 is 0 Å². The number of hydrogen-bond acceptors (Lipinski definition) is 6. The number of aromatic hydroxyl groups is 2. The van der Waals surface area contributed by atoms with Crippen molar-refractivity contribution in [2.75, 3.05) is 14.2 Å². The maximum Gasteiger partial charge on any atom is 0.201 e. The molecule has 0 aromatic heterocycles. The molecule has 1 aliphatic carbocycles. The van der Waals surface area contributed by atoms with Crippen molar-refractivity contribution in [2.24, 2.45) is 0 Å². The lowest BCUT2D eigenvalue weighted by Gasteiger charge is -2.22. The molecule has 2 N–H and O–H groups in total. The molecule has 0 atom stereocenters. The van der Waals surface area contributed by atoms with E-state index in [1.807, 2.05) is 0 Å². The topological polar surface area (TPSA) is 93.1 Å². The number of hydrogen-bond donors (Lipinski definition) is 2. The molecule has 0 radical (unpaired) electrons. The predicted octanol–water partition coefficient (Wildman–Crippen LogP) is 1.89. The molecule has 0 amide bonds. The molecule has 0 fully saturated rings. The van der Waals surface area contributed by atoms with Gasteiger partial charge < -0.3 is 19.7 Å². The molecule has 6 nitrogen and oxygen atoms in total. The number of carbonyl (C=O) groups excluding carboxylic acids is 2. The fourth-order valence-corrected chi connectivity index (χ4v) is 2.62. The van der Waals surface area contributed by atoms with E-state index in [4.69, 9.17) is 9.47 Å². The summed E-state index contributed by atoms with van der Waals surface area (Å²) in [6, 6.07) is 5.52. The van der Waals surface area contributed by atoms with Crippen molar-refractivity contribution < 1.29 is 29.3 Å². The average Bonchev–Trinajstić information content (AvgIpc) is 2.51. The summed E-state index contributed by atoms with van der Waals surface area (Å²) in [6.07, 6.45) is 0. The molecule has 0 saturated carbocycles. The summed E-state index contributed by atoms with van der Waals surface area (Å²) in [6.45, 7) is 0. The third-order valence-corrected chi connectivity index (χ3v) is 3.63. The fourth-order valence-electron chi connectivity index (χ4n) is 2.62. The molecule has 2 aromatic carbocycles. The quantitative estimate of drug-likeness (QED) is 0.750. The Bertz CT molecular complexity index is 822. The van der Waals surface area contributed by atoms with Crippen LogP contribution in [0.4, 0.5) is 0 Å². The van der Waals surface area contributed by atoms with Crippen LogP contribution in [0, 0.1) is 0 Å². The summed E-state index contributed by atoms with van der Waals surface area (Å²) < 4.78 is 10.1. The van der Waals surface area contributed by atoms with E-state index in [1.54, 1.807) is 0 Å². The Hall–Kier alpha value is -3.02. The predicted molar refractivity (Wildman–Crippen MR) is 76.2 cm³/mol. The van der Waals surface area contributed by atoms with Crippen molar-refractivity contribution in [3.05, 3.63) is 46.5 Å². The molecule has 1 aliphatic rings. The van der Waals surface area contributed by atoms with E-state index in [-0.39, 0.29) is 45.3 Å². The molecule has 0 saturated heterocycles. The minimum absolute atomic E-state index is 0.00983. The molecular formula is C16H12O6. The van der Waals surface area contributed by atoms with Crippen LogP contribution in [0.1, 0.15) is 31.8 Å². The van der Waals surface area contributed by atoms with Crippen LogP contribution in [0.3, 0.4) is 0 Å². The lowest BCUT2D eigenvalue weighted by atomic mass is 9.82. The zero-order valence-corrected chi connectivity index (χ0v) is 11.8. The van der Waals surface area contributed by atoms with E-state index in [0.717, 1.165) is 0 Å². The highest BCUT2D eigenvalue weighted by Crippen LogP contribution is 2.45. The van der Waals surface area contributed by atoms with Crippen molar-refractivity contribution in [2.45, 2.75) is 0 Å². The summed E-state index contributed by atoms with van der Waals surface area (Å²) >= 11 is 0. The van der Waals surface area contributed by atoms with Crippen LogP contribution in [-0.2, 0) is 0 Å². The first-order chi connectivity index (χ1) is 10.5. The Morgan fingerprint density at radius 1 is 0.909 bits per heavy atom. The van der Waals surface area contributed by atoms with Crippen molar-refractivity contribution in [1.82, 2.24) is 0 Å². The van der Waals surface area contributed by atoms with Gasteiger partial charge in [0.25, 0.3) is 0 Å². The Morgan fingerprint density at radius 3 is 2.23 bits per heavy atom. The second-order valence-corrected chi connectivity index (χ2v) is 4.74. The van der Waals surface area contributed by atoms with Crippen molar-refractivity contribution in [3.63, 3.8) is 0 Å². The minimum atomic E-state index is -0.528. The SMILES string of the molecule is COc1cc2c(c(OC)c1O)C(=O)c1cccc(O)c1C2=O. The highest BCUT2D eigenvalue weighted by atomic mass is 16.5. The largest absolute Gasteiger partial charge is 0.507 e. The van der Waals surface area contributed by atoms with Crippen LogP contribution in [0.15, 0.2) is 24.3 Å². The molecular weight excluding hydrogens is 288 g/mol. The third kappa shape index (κ3) is 1.67. The molecule has 6 heteroatoms. The van der Waals surface area contributed by atoms with Crippen LogP contribution in [-0.4, -0.2) is 36.0 Å². The highest BCUT2D eigenvalue weighted by Gasteiger charge is 2.36. The first kappa shape index (κ1) is 13.9. The number of ether oxygens (including phenoxy) is 2. The van der Waals surface area contributed by atoms with Gasteiger partial charge in [-0.3, -0.25) is 9.59 Å². The number of benzene rings is 2. The van der Waals surface area contributed by atoms with Gasteiger partial charge in [-0.05, 0) is 12.1 Å². The van der Waals surface area contributed by atoms with Gasteiger partial charge in [0, 0.05) is 11.1 Å². The summed E-state index contributed by atoms with van der Waals surface area (Å²) in [5, 5.41) is 20.0. The smallest absolute Gasteiger partial charge is 0.201 e. The van der Waals surface area contributed by atoms with Gasteiger partial charge in [-0.15, -0.1) is 0 Å². The molecule has 0 bridgehead atoms. The molecule has 112 valence electrons. The van der Waals surface area contributed by atoms with Crippen molar-refractivity contribution in [1.29, 1.82) is 0 Å². The summed E-state index contributed by atoms with van der Waals surface area (Å²) in [5.41, 5.74) is -0.00966. The van der Waals surface area contributed by atoms with Gasteiger partial charge in [0.05, 0.1) is 25.3 Å². The lowest BCUT2D eigenvalue weighted by molar-refractivity contribution is 0.0973. The maximum atomic E-state index is 12.6. The number of methoxy groups -OCH3 is 2. The normalized spacial score (nSPS) is 12.6. The summed E-state index contributed by atoms with van der Waals surface area (Å²) in [4.78, 5) is 25.3. The van der Waals surface area contributed by atoms with Gasteiger partial charge in [0.2, 0.25) is 5.75 Å². The average molecular weight is 300 g/mol. The van der Waals surface area contributed by atoms with Gasteiger partial charge in [-0.1, -0.05) is 12.1 Å². The van der Waals surface area contributed by atoms with Crippen LogP contribution in [0.5, 0.6) is 23.0 Å². The van der Waals surface area contributed by atoms with E-state index in [2.05, 4.69) is 0 Å². The molecule has 3 rings (SSSR count). The van der Waals surface area contributed by atoms with E-state index in [1.165, 1.54) is 38.5 Å². The first-order valence-corrected chi connectivity index (χ1v) is 6.40. The van der Waals surface area contributed by atoms with Gasteiger partial charge >= 0.3 is 0 Å². The molecule has 0 spiro atoms. The first-order valence-electron chi connectivity index (χ1n) is 6.40. The van der Waals surface area contributed by atoms with Gasteiger partial charge in [-0.25, -0.2) is 0 Å². The second kappa shape index (κ2) is 4.77. The number of phenols is 2. The highest BCUT2D eigenvalue weighted by molar-refractivity contribution is 6.30. The van der Waals surface area contributed by atoms with Gasteiger partial charge in [-0.2, -0.15) is 0 Å². The molecule has 22 heavy (non-hydrogen) atoms. The van der Waals surface area contributed by atoms with Crippen LogP contribution < -0.4 is 9.47 Å². The van der Waals surface area contributed by atoms with Gasteiger partial charge in [0.15, 0.2) is 23.1 Å². The number of rotatable bonds is 2. The standard InChI is InChI=1S/C16H12O6/c1-21-10-6-8-12(16(22-2)15(10)20)13(18)7-4-3-5-9(17)11(7)14(8)19/h3-6,17,20H,1-2H3. The summed E-state index contributed by atoms with van der Waals surface area (Å²) in [5.74, 6) is -1.77. The van der Waals surface area contributed by atoms with Crippen molar-refractivity contribution >= 4 is 11.6 Å². The second-order valence-electron chi connectivity index (χ2n) is 4.74. The van der Waals surface area contributed by atoms with E-state index in [9.17, 15) is 19.8 Å². The Kier molecular flexibility index (Phi) is 3.02. The molecule has 2 aromatic rings. The minimum Gasteiger partial charge on any atom is -0.507 e. The summed E-state index contributed by atoms with van der Waals surface area (Å²) in [7, 11) is 2.60. The van der Waals surface area contributed by atoms with Gasteiger partial charge in [0.1, 0.15) is 5.75 Å². The maximum absolute atomic E-state index is 12.6. The zero-order valence-electron chi connectivity index (χ0n) is 11.8. The van der Waals surface area contributed by atoms with Crippen LogP contribution in [0.2, 0.25) is 0 Å². The number of ketones is 2. The lowest BCUT2D eigenvalue weighted by Crippen LogP contribution is -2.22.